The van der Waals surface area contributed by atoms with Crippen LogP contribution in [0.15, 0.2) is 12.5 Å². The number of rotatable bonds is 4. The van der Waals surface area contributed by atoms with Gasteiger partial charge >= 0.3 is 0 Å². The van der Waals surface area contributed by atoms with Crippen LogP contribution in [0.25, 0.3) is 5.78 Å². The molecule has 0 unspecified atom stereocenters. The van der Waals surface area contributed by atoms with Crippen molar-refractivity contribution in [1.82, 2.24) is 24.5 Å². The summed E-state index contributed by atoms with van der Waals surface area (Å²) in [7, 11) is 0. The zero-order valence-corrected chi connectivity index (χ0v) is 10.9. The summed E-state index contributed by atoms with van der Waals surface area (Å²) < 4.78 is 1.64. The average Bonchev–Trinajstić information content (AvgIpc) is 2.86. The minimum absolute atomic E-state index is 0.00162. The van der Waals surface area contributed by atoms with Gasteiger partial charge in [-0.3, -0.25) is 4.79 Å². The molecule has 1 amide bonds. The summed E-state index contributed by atoms with van der Waals surface area (Å²) in [5.74, 6) is 0.532. The van der Waals surface area contributed by atoms with Crippen LogP contribution in [0, 0.1) is 0 Å². The molecule has 18 heavy (non-hydrogen) atoms. The Morgan fingerprint density at radius 2 is 2.00 bits per heavy atom. The highest BCUT2D eigenvalue weighted by atomic mass is 16.2. The maximum atomic E-state index is 12.4. The fourth-order valence-corrected chi connectivity index (χ4v) is 2.02. The first-order chi connectivity index (χ1) is 8.72. The Morgan fingerprint density at radius 1 is 1.28 bits per heavy atom. The second-order valence-corrected chi connectivity index (χ2v) is 3.92. The second kappa shape index (κ2) is 5.12. The monoisotopic (exact) mass is 247 g/mol. The zero-order valence-electron chi connectivity index (χ0n) is 10.9. The number of hydrogen-bond donors (Lipinski definition) is 0. The van der Waals surface area contributed by atoms with Crippen LogP contribution in [0.2, 0.25) is 0 Å². The molecule has 0 spiro atoms. The lowest BCUT2D eigenvalue weighted by molar-refractivity contribution is 0.0770. The quantitative estimate of drug-likeness (QED) is 0.813. The summed E-state index contributed by atoms with van der Waals surface area (Å²) >= 11 is 0. The zero-order chi connectivity index (χ0) is 13.1. The van der Waals surface area contributed by atoms with Crippen LogP contribution in [0.1, 0.15) is 36.8 Å². The molecule has 2 aromatic rings. The third-order valence-corrected chi connectivity index (χ3v) is 3.02. The average molecular weight is 247 g/mol. The van der Waals surface area contributed by atoms with Crippen LogP contribution in [-0.2, 0) is 6.42 Å². The van der Waals surface area contributed by atoms with Crippen LogP contribution < -0.4 is 0 Å². The molecule has 0 N–H and O–H groups in total. The van der Waals surface area contributed by atoms with Gasteiger partial charge in [-0.1, -0.05) is 6.92 Å². The van der Waals surface area contributed by atoms with E-state index in [-0.39, 0.29) is 5.91 Å². The van der Waals surface area contributed by atoms with E-state index in [1.165, 1.54) is 6.33 Å². The largest absolute Gasteiger partial charge is 0.339 e. The minimum Gasteiger partial charge on any atom is -0.339 e. The molecule has 0 fully saturated rings. The number of carbonyl (C=O) groups is 1. The summed E-state index contributed by atoms with van der Waals surface area (Å²) in [4.78, 5) is 22.3. The standard InChI is InChI=1S/C12H17N5O/c1-4-10-9(11(18)16(5-2)6-3)7-13-12-14-8-15-17(10)12/h7-8H,4-6H2,1-3H3. The van der Waals surface area contributed by atoms with Crippen LogP contribution in [0.5, 0.6) is 0 Å². The molecule has 0 saturated heterocycles. The van der Waals surface area contributed by atoms with E-state index in [1.807, 2.05) is 20.8 Å². The van der Waals surface area contributed by atoms with E-state index in [0.29, 0.717) is 30.9 Å². The molecule has 6 heteroatoms. The van der Waals surface area contributed by atoms with E-state index < -0.39 is 0 Å². The van der Waals surface area contributed by atoms with Crippen molar-refractivity contribution in [3.63, 3.8) is 0 Å². The van der Waals surface area contributed by atoms with Gasteiger partial charge in [0.2, 0.25) is 0 Å². The van der Waals surface area contributed by atoms with Crippen molar-refractivity contribution in [1.29, 1.82) is 0 Å². The Bertz CT molecular complexity index is 559. The normalized spacial score (nSPS) is 10.8. The van der Waals surface area contributed by atoms with Gasteiger partial charge in [-0.2, -0.15) is 10.1 Å². The van der Waals surface area contributed by atoms with Gasteiger partial charge in [-0.25, -0.2) is 9.50 Å². The van der Waals surface area contributed by atoms with Crippen molar-refractivity contribution in [2.75, 3.05) is 13.1 Å². The summed E-state index contributed by atoms with van der Waals surface area (Å²) in [5.41, 5.74) is 1.47. The predicted molar refractivity (Wildman–Crippen MR) is 67.4 cm³/mol. The fraction of sp³-hybridized carbons (Fsp3) is 0.500. The maximum absolute atomic E-state index is 12.4. The summed E-state index contributed by atoms with van der Waals surface area (Å²) in [6.45, 7) is 7.31. The topological polar surface area (TPSA) is 63.4 Å². The molecule has 0 aliphatic carbocycles. The maximum Gasteiger partial charge on any atom is 0.257 e. The molecular formula is C12H17N5O. The third kappa shape index (κ3) is 1.94. The molecule has 6 nitrogen and oxygen atoms in total. The fourth-order valence-electron chi connectivity index (χ4n) is 2.02. The van der Waals surface area contributed by atoms with Crippen LogP contribution in [-0.4, -0.2) is 43.5 Å². The van der Waals surface area contributed by atoms with Gasteiger partial charge in [-0.05, 0) is 20.3 Å². The van der Waals surface area contributed by atoms with Gasteiger partial charge in [0, 0.05) is 19.3 Å². The minimum atomic E-state index is 0.00162. The van der Waals surface area contributed by atoms with E-state index in [9.17, 15) is 4.79 Å². The Morgan fingerprint density at radius 3 is 2.61 bits per heavy atom. The van der Waals surface area contributed by atoms with Crippen LogP contribution in [0.3, 0.4) is 0 Å². The lowest BCUT2D eigenvalue weighted by Crippen LogP contribution is -2.32. The molecule has 0 atom stereocenters. The SMILES string of the molecule is CCc1c(C(=O)N(CC)CC)cnc2ncnn12. The summed E-state index contributed by atoms with van der Waals surface area (Å²) in [6, 6.07) is 0. The molecule has 0 aromatic carbocycles. The van der Waals surface area contributed by atoms with Gasteiger partial charge in [0.15, 0.2) is 0 Å². The van der Waals surface area contributed by atoms with Crippen molar-refractivity contribution in [2.45, 2.75) is 27.2 Å². The Kier molecular flexibility index (Phi) is 3.55. The molecule has 0 bridgehead atoms. The molecule has 0 saturated carbocycles. The molecule has 2 rings (SSSR count). The number of aryl methyl sites for hydroxylation is 1. The van der Waals surface area contributed by atoms with Crippen LogP contribution in [0.4, 0.5) is 0 Å². The highest BCUT2D eigenvalue weighted by molar-refractivity contribution is 5.95. The van der Waals surface area contributed by atoms with Crippen molar-refractivity contribution in [2.24, 2.45) is 0 Å². The lowest BCUT2D eigenvalue weighted by atomic mass is 10.1. The predicted octanol–water partition coefficient (Wildman–Crippen LogP) is 1.17. The summed E-state index contributed by atoms with van der Waals surface area (Å²) in [5, 5.41) is 4.12. The van der Waals surface area contributed by atoms with E-state index in [2.05, 4.69) is 15.1 Å². The summed E-state index contributed by atoms with van der Waals surface area (Å²) in [6.07, 6.45) is 3.77. The van der Waals surface area contributed by atoms with Gasteiger partial charge < -0.3 is 4.90 Å². The first kappa shape index (κ1) is 12.5. The number of hydrogen-bond acceptors (Lipinski definition) is 4. The molecule has 0 aliphatic heterocycles. The first-order valence-corrected chi connectivity index (χ1v) is 6.19. The van der Waals surface area contributed by atoms with Crippen molar-refractivity contribution < 1.29 is 4.79 Å². The van der Waals surface area contributed by atoms with E-state index in [1.54, 1.807) is 15.6 Å². The Hall–Kier alpha value is -1.98. The van der Waals surface area contributed by atoms with Crippen molar-refractivity contribution in [3.05, 3.63) is 23.8 Å². The molecule has 96 valence electrons. The second-order valence-electron chi connectivity index (χ2n) is 3.92. The number of aromatic nitrogens is 4. The van der Waals surface area contributed by atoms with Crippen LogP contribution >= 0.6 is 0 Å². The van der Waals surface area contributed by atoms with E-state index in [4.69, 9.17) is 0 Å². The highest BCUT2D eigenvalue weighted by Gasteiger charge is 2.19. The smallest absolute Gasteiger partial charge is 0.257 e. The van der Waals surface area contributed by atoms with Gasteiger partial charge in [0.25, 0.3) is 11.7 Å². The van der Waals surface area contributed by atoms with Gasteiger partial charge in [0.1, 0.15) is 6.33 Å². The van der Waals surface area contributed by atoms with Crippen molar-refractivity contribution in [3.8, 4) is 0 Å². The molecule has 0 radical (unpaired) electrons. The number of carbonyl (C=O) groups excluding carboxylic acids is 1. The van der Waals surface area contributed by atoms with E-state index >= 15 is 0 Å². The molecule has 0 aliphatic rings. The molecule has 2 heterocycles. The third-order valence-electron chi connectivity index (χ3n) is 3.02. The Labute approximate surface area is 106 Å². The number of fused-ring (bicyclic) bond motifs is 1. The van der Waals surface area contributed by atoms with Gasteiger partial charge in [-0.15, -0.1) is 0 Å². The molecular weight excluding hydrogens is 230 g/mol. The number of nitrogens with zero attached hydrogens (tertiary/aromatic N) is 5. The molecule has 2 aromatic heterocycles. The Balaban J connectivity index is 2.53. The first-order valence-electron chi connectivity index (χ1n) is 6.19. The van der Waals surface area contributed by atoms with Crippen molar-refractivity contribution >= 4 is 11.7 Å². The number of amides is 1. The lowest BCUT2D eigenvalue weighted by Gasteiger charge is -2.19. The van der Waals surface area contributed by atoms with Gasteiger partial charge in [0.05, 0.1) is 11.3 Å². The highest BCUT2D eigenvalue weighted by Crippen LogP contribution is 2.12. The van der Waals surface area contributed by atoms with E-state index in [0.717, 1.165) is 5.69 Å².